The molecule has 0 spiro atoms. The van der Waals surface area contributed by atoms with Gasteiger partial charge in [-0.2, -0.15) is 0 Å². The third-order valence-corrected chi connectivity index (χ3v) is 4.15. The fourth-order valence-corrected chi connectivity index (χ4v) is 2.47. The van der Waals surface area contributed by atoms with Crippen molar-refractivity contribution in [1.82, 2.24) is 5.32 Å². The summed E-state index contributed by atoms with van der Waals surface area (Å²) in [5.41, 5.74) is 0.942. The lowest BCUT2D eigenvalue weighted by molar-refractivity contribution is 0.0915. The number of aliphatic hydroxyl groups is 1. The van der Waals surface area contributed by atoms with Gasteiger partial charge in [-0.3, -0.25) is 0 Å². The maximum Gasteiger partial charge on any atom is 0.119 e. The van der Waals surface area contributed by atoms with E-state index in [1.54, 1.807) is 7.11 Å². The number of ether oxygens (including phenoxy) is 2. The lowest BCUT2D eigenvalue weighted by Gasteiger charge is -2.31. The van der Waals surface area contributed by atoms with Crippen LogP contribution < -0.4 is 10.1 Å². The topological polar surface area (TPSA) is 50.7 Å². The predicted octanol–water partition coefficient (Wildman–Crippen LogP) is 1.61. The van der Waals surface area contributed by atoms with Crippen molar-refractivity contribution in [3.05, 3.63) is 29.8 Å². The minimum atomic E-state index is -0.297. The molecular formula is C16H25NO3. The van der Waals surface area contributed by atoms with Gasteiger partial charge in [0, 0.05) is 7.11 Å². The Morgan fingerprint density at radius 2 is 2.00 bits per heavy atom. The molecule has 1 fully saturated rings. The maximum atomic E-state index is 9.65. The molecule has 0 aromatic heterocycles. The molecule has 1 aliphatic carbocycles. The number of likely N-dealkylation sites (N-methyl/N-ethyl adjacent to an activating group) is 1. The number of hydrogen-bond donors (Lipinski definition) is 2. The van der Waals surface area contributed by atoms with Crippen molar-refractivity contribution in [2.75, 3.05) is 34.0 Å². The Hall–Kier alpha value is -1.10. The standard InChI is InChI=1S/C16H25NO3/c1-17-16(11-18,14-5-6-14)12-20-15-7-3-13(4-8-15)9-10-19-2/h3-4,7-8,14,17-18H,5-6,9-12H2,1-2H3. The van der Waals surface area contributed by atoms with Gasteiger partial charge in [0.15, 0.2) is 0 Å². The molecule has 2 rings (SSSR count). The average molecular weight is 279 g/mol. The van der Waals surface area contributed by atoms with Crippen LogP contribution in [0.5, 0.6) is 5.75 Å². The van der Waals surface area contributed by atoms with Crippen molar-refractivity contribution >= 4 is 0 Å². The monoisotopic (exact) mass is 279 g/mol. The smallest absolute Gasteiger partial charge is 0.119 e. The first kappa shape index (κ1) is 15.3. The van der Waals surface area contributed by atoms with Gasteiger partial charge in [0.05, 0.1) is 18.8 Å². The van der Waals surface area contributed by atoms with E-state index in [1.165, 1.54) is 18.4 Å². The van der Waals surface area contributed by atoms with E-state index < -0.39 is 0 Å². The molecule has 1 aliphatic rings. The average Bonchev–Trinajstić information content (AvgIpc) is 3.33. The van der Waals surface area contributed by atoms with E-state index in [-0.39, 0.29) is 12.1 Å². The van der Waals surface area contributed by atoms with Crippen LogP contribution in [0.15, 0.2) is 24.3 Å². The molecule has 0 radical (unpaired) electrons. The summed E-state index contributed by atoms with van der Waals surface area (Å²) in [6, 6.07) is 8.09. The van der Waals surface area contributed by atoms with Crippen LogP contribution in [0.25, 0.3) is 0 Å². The van der Waals surface area contributed by atoms with Gasteiger partial charge in [-0.1, -0.05) is 12.1 Å². The number of nitrogens with one attached hydrogen (secondary N) is 1. The van der Waals surface area contributed by atoms with Crippen LogP contribution in [0.2, 0.25) is 0 Å². The van der Waals surface area contributed by atoms with Gasteiger partial charge in [0.25, 0.3) is 0 Å². The first-order valence-electron chi connectivity index (χ1n) is 7.24. The highest BCUT2D eigenvalue weighted by molar-refractivity contribution is 5.27. The van der Waals surface area contributed by atoms with Crippen LogP contribution in [0.4, 0.5) is 0 Å². The SMILES string of the molecule is CNC(CO)(COc1ccc(CCOC)cc1)C1CC1. The van der Waals surface area contributed by atoms with Gasteiger partial charge in [-0.05, 0) is 49.9 Å². The quantitative estimate of drug-likeness (QED) is 0.721. The predicted molar refractivity (Wildman–Crippen MR) is 79.1 cm³/mol. The number of rotatable bonds is 9. The van der Waals surface area contributed by atoms with E-state index in [2.05, 4.69) is 17.4 Å². The molecular weight excluding hydrogens is 254 g/mol. The summed E-state index contributed by atoms with van der Waals surface area (Å²) in [7, 11) is 3.60. The van der Waals surface area contributed by atoms with Crippen molar-refractivity contribution in [3.63, 3.8) is 0 Å². The first-order valence-corrected chi connectivity index (χ1v) is 7.24. The Bertz CT molecular complexity index is 397. The molecule has 20 heavy (non-hydrogen) atoms. The van der Waals surface area contributed by atoms with Crippen LogP contribution in [0, 0.1) is 5.92 Å². The summed E-state index contributed by atoms with van der Waals surface area (Å²) in [5.74, 6) is 1.37. The minimum absolute atomic E-state index is 0.111. The fraction of sp³-hybridized carbons (Fsp3) is 0.625. The summed E-state index contributed by atoms with van der Waals surface area (Å²) >= 11 is 0. The Morgan fingerprint density at radius 1 is 1.30 bits per heavy atom. The Morgan fingerprint density at radius 3 is 2.50 bits per heavy atom. The van der Waals surface area contributed by atoms with E-state index in [9.17, 15) is 5.11 Å². The number of hydrogen-bond acceptors (Lipinski definition) is 4. The molecule has 4 nitrogen and oxygen atoms in total. The van der Waals surface area contributed by atoms with Crippen molar-refractivity contribution < 1.29 is 14.6 Å². The first-order chi connectivity index (χ1) is 9.74. The third-order valence-electron chi connectivity index (χ3n) is 4.15. The second-order valence-electron chi connectivity index (χ2n) is 5.51. The number of benzene rings is 1. The van der Waals surface area contributed by atoms with Gasteiger partial charge >= 0.3 is 0 Å². The Kier molecular flexibility index (Phi) is 5.40. The lowest BCUT2D eigenvalue weighted by Crippen LogP contribution is -2.53. The number of methoxy groups -OCH3 is 1. The number of aliphatic hydroxyl groups excluding tert-OH is 1. The summed E-state index contributed by atoms with van der Waals surface area (Å²) < 4.78 is 10.9. The molecule has 1 atom stereocenters. The van der Waals surface area contributed by atoms with E-state index in [0.717, 1.165) is 18.8 Å². The molecule has 2 N–H and O–H groups in total. The molecule has 1 saturated carbocycles. The van der Waals surface area contributed by atoms with Crippen LogP contribution in [0.1, 0.15) is 18.4 Å². The van der Waals surface area contributed by atoms with Crippen molar-refractivity contribution in [2.45, 2.75) is 24.8 Å². The molecule has 1 aromatic carbocycles. The Labute approximate surface area is 121 Å². The van der Waals surface area contributed by atoms with Crippen molar-refractivity contribution in [3.8, 4) is 5.75 Å². The molecule has 0 aliphatic heterocycles. The highest BCUT2D eigenvalue weighted by Crippen LogP contribution is 2.39. The largest absolute Gasteiger partial charge is 0.492 e. The van der Waals surface area contributed by atoms with Crippen LogP contribution >= 0.6 is 0 Å². The maximum absolute atomic E-state index is 9.65. The fourth-order valence-electron chi connectivity index (χ4n) is 2.47. The molecule has 1 aromatic rings. The van der Waals surface area contributed by atoms with Gasteiger partial charge in [-0.25, -0.2) is 0 Å². The van der Waals surface area contributed by atoms with E-state index in [1.807, 2.05) is 19.2 Å². The molecule has 112 valence electrons. The summed E-state index contributed by atoms with van der Waals surface area (Å²) in [6.45, 7) is 1.34. The van der Waals surface area contributed by atoms with E-state index >= 15 is 0 Å². The normalized spacial score (nSPS) is 17.8. The second-order valence-corrected chi connectivity index (χ2v) is 5.51. The molecule has 4 heteroatoms. The van der Waals surface area contributed by atoms with Gasteiger partial charge < -0.3 is 19.9 Å². The third kappa shape index (κ3) is 3.72. The van der Waals surface area contributed by atoms with E-state index in [4.69, 9.17) is 9.47 Å². The van der Waals surface area contributed by atoms with E-state index in [0.29, 0.717) is 12.5 Å². The molecule has 0 bridgehead atoms. The zero-order valence-corrected chi connectivity index (χ0v) is 12.4. The summed E-state index contributed by atoms with van der Waals surface area (Å²) in [4.78, 5) is 0. The molecule has 0 amide bonds. The van der Waals surface area contributed by atoms with Crippen LogP contribution in [0.3, 0.4) is 0 Å². The lowest BCUT2D eigenvalue weighted by atomic mass is 9.95. The molecule has 0 heterocycles. The van der Waals surface area contributed by atoms with Gasteiger partial charge in [0.1, 0.15) is 12.4 Å². The highest BCUT2D eigenvalue weighted by Gasteiger charge is 2.44. The molecule has 0 saturated heterocycles. The zero-order chi connectivity index (χ0) is 14.4. The van der Waals surface area contributed by atoms with Crippen molar-refractivity contribution in [1.29, 1.82) is 0 Å². The van der Waals surface area contributed by atoms with Gasteiger partial charge in [0.2, 0.25) is 0 Å². The Balaban J connectivity index is 1.89. The van der Waals surface area contributed by atoms with Crippen LogP contribution in [-0.4, -0.2) is 44.6 Å². The van der Waals surface area contributed by atoms with Gasteiger partial charge in [-0.15, -0.1) is 0 Å². The van der Waals surface area contributed by atoms with Crippen molar-refractivity contribution in [2.24, 2.45) is 5.92 Å². The highest BCUT2D eigenvalue weighted by atomic mass is 16.5. The zero-order valence-electron chi connectivity index (χ0n) is 12.4. The molecule has 1 unspecified atom stereocenters. The minimum Gasteiger partial charge on any atom is -0.492 e. The second kappa shape index (κ2) is 7.07. The summed E-state index contributed by atoms with van der Waals surface area (Å²) in [6.07, 6.45) is 3.25. The summed E-state index contributed by atoms with van der Waals surface area (Å²) in [5, 5.41) is 12.9. The van der Waals surface area contributed by atoms with Crippen LogP contribution in [-0.2, 0) is 11.2 Å².